The van der Waals surface area contributed by atoms with Crippen LogP contribution in [0.15, 0.2) is 18.2 Å². The Labute approximate surface area is 107 Å². The molecule has 0 aliphatic carbocycles. The molecule has 4 heteroatoms. The third kappa shape index (κ3) is 2.62. The van der Waals surface area contributed by atoms with Crippen molar-refractivity contribution in [1.82, 2.24) is 4.90 Å². The van der Waals surface area contributed by atoms with E-state index in [0.29, 0.717) is 11.6 Å². The molecule has 0 aromatic heterocycles. The fourth-order valence-electron chi connectivity index (χ4n) is 2.60. The molecule has 0 radical (unpaired) electrons. The number of nitriles is 1. The Kier molecular flexibility index (Phi) is 3.83. The highest BCUT2D eigenvalue weighted by atomic mass is 19.1. The molecule has 1 aliphatic heterocycles. The van der Waals surface area contributed by atoms with Crippen LogP contribution in [-0.4, -0.2) is 38.6 Å². The fraction of sp³-hybridized carbons (Fsp3) is 0.500. The molecule has 1 aliphatic rings. The third-order valence-corrected chi connectivity index (χ3v) is 3.54. The SMILES string of the molecule is CN1CC[C@@H](CN(C)c2cccc(F)c2C#N)C1. The van der Waals surface area contributed by atoms with E-state index < -0.39 is 5.82 Å². The van der Waals surface area contributed by atoms with E-state index in [0.717, 1.165) is 26.1 Å². The Morgan fingerprint density at radius 2 is 2.33 bits per heavy atom. The van der Waals surface area contributed by atoms with E-state index in [1.807, 2.05) is 18.0 Å². The summed E-state index contributed by atoms with van der Waals surface area (Å²) in [4.78, 5) is 4.29. The predicted molar refractivity (Wildman–Crippen MR) is 70.0 cm³/mol. The molecule has 3 nitrogen and oxygen atoms in total. The maximum absolute atomic E-state index is 13.5. The van der Waals surface area contributed by atoms with Gasteiger partial charge in [0.05, 0.1) is 5.69 Å². The van der Waals surface area contributed by atoms with Gasteiger partial charge in [-0.15, -0.1) is 0 Å². The molecule has 0 spiro atoms. The fourth-order valence-corrected chi connectivity index (χ4v) is 2.60. The summed E-state index contributed by atoms with van der Waals surface area (Å²) >= 11 is 0. The quantitative estimate of drug-likeness (QED) is 0.819. The van der Waals surface area contributed by atoms with Gasteiger partial charge in [0, 0.05) is 20.1 Å². The largest absolute Gasteiger partial charge is 0.373 e. The lowest BCUT2D eigenvalue weighted by Crippen LogP contribution is -2.27. The van der Waals surface area contributed by atoms with E-state index in [1.54, 1.807) is 12.1 Å². The minimum atomic E-state index is -0.439. The van der Waals surface area contributed by atoms with E-state index in [1.165, 1.54) is 6.07 Å². The highest BCUT2D eigenvalue weighted by molar-refractivity contribution is 5.59. The first kappa shape index (κ1) is 12.8. The first-order valence-electron chi connectivity index (χ1n) is 6.20. The van der Waals surface area contributed by atoms with Crippen LogP contribution in [0.4, 0.5) is 10.1 Å². The van der Waals surface area contributed by atoms with Crippen molar-refractivity contribution in [2.75, 3.05) is 38.6 Å². The van der Waals surface area contributed by atoms with Crippen LogP contribution in [0.3, 0.4) is 0 Å². The highest BCUT2D eigenvalue weighted by Gasteiger charge is 2.22. The average molecular weight is 247 g/mol. The summed E-state index contributed by atoms with van der Waals surface area (Å²) in [5, 5.41) is 9.03. The van der Waals surface area contributed by atoms with Crippen molar-refractivity contribution in [3.63, 3.8) is 0 Å². The van der Waals surface area contributed by atoms with Crippen LogP contribution in [0.1, 0.15) is 12.0 Å². The van der Waals surface area contributed by atoms with E-state index in [4.69, 9.17) is 5.26 Å². The molecule has 18 heavy (non-hydrogen) atoms. The number of rotatable bonds is 3. The van der Waals surface area contributed by atoms with Crippen molar-refractivity contribution in [2.45, 2.75) is 6.42 Å². The topological polar surface area (TPSA) is 30.3 Å². The molecule has 2 rings (SSSR count). The molecule has 1 fully saturated rings. The van der Waals surface area contributed by atoms with Crippen molar-refractivity contribution in [3.8, 4) is 6.07 Å². The molecule has 0 N–H and O–H groups in total. The first-order chi connectivity index (χ1) is 8.61. The standard InChI is InChI=1S/C14H18FN3/c1-17-7-6-11(9-17)10-18(2)14-5-3-4-13(15)12(14)8-16/h3-5,11H,6-7,9-10H2,1-2H3/t11-/m1/s1. The molecule has 1 saturated heterocycles. The Balaban J connectivity index is 2.12. The van der Waals surface area contributed by atoms with Crippen molar-refractivity contribution >= 4 is 5.69 Å². The van der Waals surface area contributed by atoms with Gasteiger partial charge in [0.15, 0.2) is 0 Å². The highest BCUT2D eigenvalue weighted by Crippen LogP contribution is 2.24. The van der Waals surface area contributed by atoms with E-state index in [9.17, 15) is 4.39 Å². The zero-order valence-electron chi connectivity index (χ0n) is 10.9. The van der Waals surface area contributed by atoms with Crippen LogP contribution in [0.2, 0.25) is 0 Å². The molecule has 0 unspecified atom stereocenters. The normalized spacial score (nSPS) is 19.8. The van der Waals surface area contributed by atoms with Crippen LogP contribution in [0.25, 0.3) is 0 Å². The van der Waals surface area contributed by atoms with Crippen LogP contribution in [-0.2, 0) is 0 Å². The number of anilines is 1. The molecule has 0 bridgehead atoms. The number of nitrogens with zero attached hydrogens (tertiary/aromatic N) is 3. The molecule has 1 aromatic rings. The molecule has 1 atom stereocenters. The number of hydrogen-bond acceptors (Lipinski definition) is 3. The Bertz CT molecular complexity index is 467. The van der Waals surface area contributed by atoms with Crippen LogP contribution < -0.4 is 4.90 Å². The summed E-state index contributed by atoms with van der Waals surface area (Å²) in [7, 11) is 4.04. The minimum absolute atomic E-state index is 0.145. The summed E-state index contributed by atoms with van der Waals surface area (Å²) in [6.45, 7) is 3.05. The van der Waals surface area contributed by atoms with E-state index in [2.05, 4.69) is 11.9 Å². The number of benzene rings is 1. The molecule has 1 aromatic carbocycles. The summed E-state index contributed by atoms with van der Waals surface area (Å²) in [6, 6.07) is 6.75. The lowest BCUT2D eigenvalue weighted by atomic mass is 10.1. The summed E-state index contributed by atoms with van der Waals surface area (Å²) < 4.78 is 13.5. The van der Waals surface area contributed by atoms with E-state index >= 15 is 0 Å². The summed E-state index contributed by atoms with van der Waals surface area (Å²) in [6.07, 6.45) is 1.16. The Morgan fingerprint density at radius 3 is 2.94 bits per heavy atom. The van der Waals surface area contributed by atoms with Gasteiger partial charge in [-0.1, -0.05) is 6.07 Å². The molecule has 1 heterocycles. The van der Waals surface area contributed by atoms with Gasteiger partial charge in [-0.2, -0.15) is 5.26 Å². The molecule has 0 saturated carbocycles. The van der Waals surface area contributed by atoms with Gasteiger partial charge < -0.3 is 9.80 Å². The Morgan fingerprint density at radius 1 is 1.56 bits per heavy atom. The zero-order valence-corrected chi connectivity index (χ0v) is 10.9. The van der Waals surface area contributed by atoms with Gasteiger partial charge in [0.2, 0.25) is 0 Å². The molecular formula is C14H18FN3. The second kappa shape index (κ2) is 5.36. The molecule has 0 amide bonds. The smallest absolute Gasteiger partial charge is 0.143 e. The second-order valence-corrected chi connectivity index (χ2v) is 5.04. The predicted octanol–water partition coefficient (Wildman–Crippen LogP) is 2.09. The number of halogens is 1. The van der Waals surface area contributed by atoms with Gasteiger partial charge in [-0.25, -0.2) is 4.39 Å². The van der Waals surface area contributed by atoms with Gasteiger partial charge in [-0.3, -0.25) is 0 Å². The third-order valence-electron chi connectivity index (χ3n) is 3.54. The van der Waals surface area contributed by atoms with E-state index in [-0.39, 0.29) is 5.56 Å². The lowest BCUT2D eigenvalue weighted by Gasteiger charge is -2.24. The molecular weight excluding hydrogens is 229 g/mol. The number of hydrogen-bond donors (Lipinski definition) is 0. The minimum Gasteiger partial charge on any atom is -0.373 e. The summed E-state index contributed by atoms with van der Waals surface area (Å²) in [5.41, 5.74) is 0.832. The summed E-state index contributed by atoms with van der Waals surface area (Å²) in [5.74, 6) is 0.153. The van der Waals surface area contributed by atoms with Gasteiger partial charge in [0.25, 0.3) is 0 Å². The van der Waals surface area contributed by atoms with Gasteiger partial charge >= 0.3 is 0 Å². The van der Waals surface area contributed by atoms with Gasteiger partial charge in [-0.05, 0) is 38.1 Å². The molecule has 96 valence electrons. The van der Waals surface area contributed by atoms with Crippen LogP contribution in [0, 0.1) is 23.1 Å². The van der Waals surface area contributed by atoms with Crippen molar-refractivity contribution in [1.29, 1.82) is 5.26 Å². The second-order valence-electron chi connectivity index (χ2n) is 5.04. The Hall–Kier alpha value is -1.60. The van der Waals surface area contributed by atoms with Gasteiger partial charge in [0.1, 0.15) is 17.4 Å². The van der Waals surface area contributed by atoms with Crippen LogP contribution >= 0.6 is 0 Å². The average Bonchev–Trinajstić information content (AvgIpc) is 2.74. The monoisotopic (exact) mass is 247 g/mol. The maximum atomic E-state index is 13.5. The van der Waals surface area contributed by atoms with Crippen molar-refractivity contribution in [3.05, 3.63) is 29.6 Å². The lowest BCUT2D eigenvalue weighted by molar-refractivity contribution is 0.396. The first-order valence-corrected chi connectivity index (χ1v) is 6.20. The number of likely N-dealkylation sites (tertiary alicyclic amines) is 1. The maximum Gasteiger partial charge on any atom is 0.143 e. The van der Waals surface area contributed by atoms with Crippen LogP contribution in [0.5, 0.6) is 0 Å². The zero-order chi connectivity index (χ0) is 13.1. The van der Waals surface area contributed by atoms with Crippen molar-refractivity contribution < 1.29 is 4.39 Å². The van der Waals surface area contributed by atoms with Crippen molar-refractivity contribution in [2.24, 2.45) is 5.92 Å².